The number of carboxylic acid groups (broad SMARTS) is 3. The van der Waals surface area contributed by atoms with Crippen LogP contribution in [0.1, 0.15) is 42.2 Å². The van der Waals surface area contributed by atoms with E-state index in [2.05, 4.69) is 0 Å². The van der Waals surface area contributed by atoms with Crippen molar-refractivity contribution in [1.82, 2.24) is 0 Å². The first-order valence-corrected chi connectivity index (χ1v) is 16.4. The van der Waals surface area contributed by atoms with Crippen LogP contribution in [0, 0.1) is 0 Å². The lowest BCUT2D eigenvalue weighted by Gasteiger charge is -2.08. The van der Waals surface area contributed by atoms with Crippen LogP contribution in [-0.4, -0.2) is 48.5 Å². The van der Waals surface area contributed by atoms with E-state index in [9.17, 15) is 24.6 Å². The molecule has 6 aromatic rings. The molecule has 6 aromatic carbocycles. The van der Waals surface area contributed by atoms with Crippen molar-refractivity contribution in [3.63, 3.8) is 0 Å². The first-order valence-electron chi connectivity index (χ1n) is 16.4. The summed E-state index contributed by atoms with van der Waals surface area (Å²) in [4.78, 5) is 32.2. The van der Waals surface area contributed by atoms with E-state index >= 15 is 0 Å². The number of rotatable bonds is 6. The third kappa shape index (κ3) is 12.9. The molecule has 6 rings (SSSR count). The fourth-order valence-corrected chi connectivity index (χ4v) is 5.00. The molecule has 0 amide bonds. The summed E-state index contributed by atoms with van der Waals surface area (Å²) in [6.45, 7) is 0. The summed E-state index contributed by atoms with van der Waals surface area (Å²) in [5.74, 6) is -2.97. The van der Waals surface area contributed by atoms with Gasteiger partial charge in [-0.2, -0.15) is 0 Å². The Hall–Kier alpha value is -8.47. The number of benzene rings is 6. The normalized spacial score (nSPS) is 9.96. The summed E-state index contributed by atoms with van der Waals surface area (Å²) >= 11 is 0. The number of nitrogens with two attached hydrogens (primary N) is 8. The molecular formula is C40H42N8O9. The largest absolute Gasteiger partial charge is 0.508 e. The smallest absolute Gasteiger partial charge is 0.337 e. The summed E-state index contributed by atoms with van der Waals surface area (Å²) in [5, 5.41) is 53.8. The minimum Gasteiger partial charge on any atom is -0.508 e. The van der Waals surface area contributed by atoms with E-state index in [1.54, 1.807) is 54.6 Å². The Bertz CT molecular complexity index is 2240. The highest BCUT2D eigenvalue weighted by Gasteiger charge is 2.11. The highest BCUT2D eigenvalue weighted by Crippen LogP contribution is 2.31. The number of carboxylic acids is 3. The van der Waals surface area contributed by atoms with Gasteiger partial charge in [-0.15, -0.1) is 0 Å². The lowest BCUT2D eigenvalue weighted by molar-refractivity contribution is 0.0686. The molecule has 0 atom stereocenters. The molecule has 22 N–H and O–H groups in total. The number of carbonyl (C=O) groups is 3. The average Bonchev–Trinajstić information content (AvgIpc) is 3.10. The van der Waals surface area contributed by atoms with Gasteiger partial charge in [-0.3, -0.25) is 0 Å². The maximum absolute atomic E-state index is 10.9. The van der Waals surface area contributed by atoms with Gasteiger partial charge in [-0.1, -0.05) is 24.3 Å². The van der Waals surface area contributed by atoms with E-state index in [1.165, 1.54) is 54.6 Å². The summed E-state index contributed by atoms with van der Waals surface area (Å²) in [6, 6.07) is 27.9. The van der Waals surface area contributed by atoms with Crippen molar-refractivity contribution in [3.05, 3.63) is 137 Å². The first kappa shape index (κ1) is 42.9. The zero-order chi connectivity index (χ0) is 42.6. The third-order valence-electron chi connectivity index (χ3n) is 7.68. The van der Waals surface area contributed by atoms with Gasteiger partial charge >= 0.3 is 17.9 Å². The zero-order valence-corrected chi connectivity index (χ0v) is 30.1. The van der Waals surface area contributed by atoms with Crippen molar-refractivity contribution < 1.29 is 45.0 Å². The van der Waals surface area contributed by atoms with Gasteiger partial charge in [0.25, 0.3) is 0 Å². The maximum atomic E-state index is 10.9. The molecule has 0 heterocycles. The van der Waals surface area contributed by atoms with Crippen molar-refractivity contribution in [3.8, 4) is 28.4 Å². The second kappa shape index (κ2) is 19.0. The van der Waals surface area contributed by atoms with Crippen LogP contribution in [0.5, 0.6) is 17.2 Å². The Morgan fingerprint density at radius 2 is 0.772 bits per heavy atom. The van der Waals surface area contributed by atoms with Crippen LogP contribution in [0.2, 0.25) is 0 Å². The number of anilines is 8. The molecule has 0 spiro atoms. The lowest BCUT2D eigenvalue weighted by atomic mass is 10.0. The predicted molar refractivity (Wildman–Crippen MR) is 222 cm³/mol. The van der Waals surface area contributed by atoms with Crippen LogP contribution in [0.25, 0.3) is 11.1 Å². The fraction of sp³-hybridized carbons (Fsp3) is 0.0250. The second-order valence-electron chi connectivity index (χ2n) is 12.2. The number of phenols is 3. The highest BCUT2D eigenvalue weighted by molar-refractivity contribution is 5.94. The summed E-state index contributed by atoms with van der Waals surface area (Å²) in [6.07, 6.45) is 0.480. The molecule has 0 saturated carbocycles. The van der Waals surface area contributed by atoms with Crippen molar-refractivity contribution in [1.29, 1.82) is 0 Å². The lowest BCUT2D eigenvalue weighted by Crippen LogP contribution is -2.04. The quantitative estimate of drug-likeness (QED) is 0.0791. The topological polar surface area (TPSA) is 381 Å². The van der Waals surface area contributed by atoms with E-state index in [4.69, 9.17) is 66.3 Å². The minimum atomic E-state index is -1.07. The number of phenolic OH excluding ortho intramolecular Hbond substituents is 3. The third-order valence-corrected chi connectivity index (χ3v) is 7.68. The molecule has 57 heavy (non-hydrogen) atoms. The van der Waals surface area contributed by atoms with Crippen LogP contribution in [0.3, 0.4) is 0 Å². The van der Waals surface area contributed by atoms with Crippen molar-refractivity contribution in [2.75, 3.05) is 45.9 Å². The van der Waals surface area contributed by atoms with Gasteiger partial charge in [0.05, 0.1) is 28.1 Å². The molecule has 0 radical (unpaired) electrons. The monoisotopic (exact) mass is 778 g/mol. The SMILES string of the molecule is Nc1cc(-c2ccc(O)c(N)c2)ccc1O.Nc1cc(Cc2ccc(C(=O)O)c(N)c2)ccc1C(=O)O.Nc1cc(N)cc(C(=O)O)c1.Nc1cc(N)cc(O)c1. The van der Waals surface area contributed by atoms with Gasteiger partial charge in [0.1, 0.15) is 17.2 Å². The Labute approximate surface area is 325 Å². The van der Waals surface area contributed by atoms with Crippen LogP contribution >= 0.6 is 0 Å². The molecule has 0 fully saturated rings. The molecule has 17 nitrogen and oxygen atoms in total. The van der Waals surface area contributed by atoms with Gasteiger partial charge < -0.3 is 76.5 Å². The summed E-state index contributed by atoms with van der Waals surface area (Å²) < 4.78 is 0. The van der Waals surface area contributed by atoms with Crippen LogP contribution in [-0.2, 0) is 6.42 Å². The van der Waals surface area contributed by atoms with E-state index in [-0.39, 0.29) is 45.3 Å². The summed E-state index contributed by atoms with van der Waals surface area (Å²) in [7, 11) is 0. The van der Waals surface area contributed by atoms with Crippen molar-refractivity contribution in [2.24, 2.45) is 0 Å². The molecule has 17 heteroatoms. The maximum Gasteiger partial charge on any atom is 0.337 e. The number of aromatic hydroxyl groups is 3. The number of hydrogen-bond donors (Lipinski definition) is 14. The van der Waals surface area contributed by atoms with E-state index in [0.29, 0.717) is 40.5 Å². The average molecular weight is 779 g/mol. The molecule has 0 aliphatic carbocycles. The van der Waals surface area contributed by atoms with Gasteiger partial charge in [0, 0.05) is 46.3 Å². The number of hydrogen-bond acceptors (Lipinski definition) is 14. The molecule has 0 aliphatic heterocycles. The minimum absolute atomic E-state index is 0.0514. The number of aromatic carboxylic acids is 3. The molecule has 0 bridgehead atoms. The van der Waals surface area contributed by atoms with Gasteiger partial charge in [-0.05, 0) is 101 Å². The van der Waals surface area contributed by atoms with Gasteiger partial charge in [0.2, 0.25) is 0 Å². The predicted octanol–water partition coefficient (Wildman–Crippen LogP) is 4.87. The van der Waals surface area contributed by atoms with Crippen LogP contribution < -0.4 is 45.9 Å². The van der Waals surface area contributed by atoms with Crippen molar-refractivity contribution >= 4 is 63.4 Å². The number of nitrogen functional groups attached to an aromatic ring is 8. The molecular weight excluding hydrogens is 736 g/mol. The highest BCUT2D eigenvalue weighted by atomic mass is 16.4. The molecule has 0 aromatic heterocycles. The van der Waals surface area contributed by atoms with Gasteiger partial charge in [0.15, 0.2) is 0 Å². The van der Waals surface area contributed by atoms with E-state index in [1.807, 2.05) is 0 Å². The van der Waals surface area contributed by atoms with Crippen molar-refractivity contribution in [2.45, 2.75) is 6.42 Å². The van der Waals surface area contributed by atoms with E-state index < -0.39 is 17.9 Å². The van der Waals surface area contributed by atoms with E-state index in [0.717, 1.165) is 22.3 Å². The standard InChI is InChI=1S/C15H14N2O4.C12H12N2O2.C7H8N2O2.C6H8N2O/c16-12-6-8(1-3-10(12)14(18)19)5-9-2-4-11(15(20)21)13(17)7-9;13-9-5-7(1-3-11(9)15)8-2-4-12(16)10(14)6-8;8-5-1-4(7(10)11)2-6(9)3-5;7-4-1-5(8)3-6(9)2-4/h1-4,6-7H,5,16-17H2,(H,18,19)(H,20,21);1-6,15-16H,13-14H2;1-3H,8-9H2,(H,10,11);1-3,9H,7-8H2. The zero-order valence-electron chi connectivity index (χ0n) is 30.1. The Kier molecular flexibility index (Phi) is 14.3. The van der Waals surface area contributed by atoms with Crippen LogP contribution in [0.15, 0.2) is 109 Å². The molecule has 296 valence electrons. The Morgan fingerprint density at radius 3 is 1.07 bits per heavy atom. The first-order chi connectivity index (χ1) is 26.7. The summed E-state index contributed by atoms with van der Waals surface area (Å²) in [5.41, 5.74) is 50.1. The fourth-order valence-electron chi connectivity index (χ4n) is 5.00. The van der Waals surface area contributed by atoms with Gasteiger partial charge in [-0.25, -0.2) is 14.4 Å². The molecule has 0 aliphatic rings. The second-order valence-corrected chi connectivity index (χ2v) is 12.2. The Balaban J connectivity index is 0.000000214. The van der Waals surface area contributed by atoms with Crippen LogP contribution in [0.4, 0.5) is 45.5 Å². The molecule has 0 unspecified atom stereocenters. The Morgan fingerprint density at radius 1 is 0.404 bits per heavy atom. The molecule has 0 saturated heterocycles.